The molecule has 134 valence electrons. The van der Waals surface area contributed by atoms with Crippen molar-refractivity contribution in [1.29, 1.82) is 0 Å². The zero-order chi connectivity index (χ0) is 18.7. The molecule has 1 aromatic heterocycles. The molecule has 6 heteroatoms. The van der Waals surface area contributed by atoms with E-state index in [9.17, 15) is 14.7 Å². The first-order chi connectivity index (χ1) is 12.5. The molecule has 0 saturated heterocycles. The number of aromatic nitrogens is 2. The molecule has 1 heterocycles. The highest BCUT2D eigenvalue weighted by Crippen LogP contribution is 2.23. The van der Waals surface area contributed by atoms with E-state index in [4.69, 9.17) is 0 Å². The minimum atomic E-state index is -0.0791. The number of ketones is 1. The Morgan fingerprint density at radius 2 is 1.88 bits per heavy atom. The molecule has 5 nitrogen and oxygen atoms in total. The van der Waals surface area contributed by atoms with Crippen molar-refractivity contribution in [3.8, 4) is 5.75 Å². The largest absolute Gasteiger partial charge is 0.508 e. The van der Waals surface area contributed by atoms with Crippen LogP contribution >= 0.6 is 11.8 Å². The van der Waals surface area contributed by atoms with E-state index in [-0.39, 0.29) is 28.9 Å². The second kappa shape index (κ2) is 7.74. The van der Waals surface area contributed by atoms with E-state index in [1.165, 1.54) is 23.9 Å². The summed E-state index contributed by atoms with van der Waals surface area (Å²) < 4.78 is 1.68. The molecular formula is C20H20N2O3S. The number of aromatic hydroxyl groups is 1. The molecule has 0 unspecified atom stereocenters. The van der Waals surface area contributed by atoms with Gasteiger partial charge in [-0.05, 0) is 49.7 Å². The Hall–Kier alpha value is -2.60. The number of phenolic OH excluding ortho intramolecular Hbond substituents is 1. The van der Waals surface area contributed by atoms with Gasteiger partial charge in [0.05, 0.1) is 16.7 Å². The molecule has 0 aliphatic rings. The second-order valence-corrected chi connectivity index (χ2v) is 7.05. The number of thioether (sulfide) groups is 1. The van der Waals surface area contributed by atoms with Crippen molar-refractivity contribution < 1.29 is 9.90 Å². The summed E-state index contributed by atoms with van der Waals surface area (Å²) in [6.07, 6.45) is 0.791. The smallest absolute Gasteiger partial charge is 0.262 e. The fourth-order valence-corrected chi connectivity index (χ4v) is 3.65. The highest BCUT2D eigenvalue weighted by molar-refractivity contribution is 7.99. The normalized spacial score (nSPS) is 12.2. The minimum absolute atomic E-state index is 0.00844. The average Bonchev–Trinajstić information content (AvgIpc) is 2.66. The molecular weight excluding hydrogens is 348 g/mol. The Morgan fingerprint density at radius 3 is 2.58 bits per heavy atom. The van der Waals surface area contributed by atoms with Crippen LogP contribution in [0, 0.1) is 0 Å². The molecule has 0 amide bonds. The van der Waals surface area contributed by atoms with Crippen molar-refractivity contribution in [2.75, 3.05) is 5.75 Å². The molecule has 0 aliphatic carbocycles. The molecule has 3 aromatic rings. The summed E-state index contributed by atoms with van der Waals surface area (Å²) in [5, 5.41) is 10.5. The highest BCUT2D eigenvalue weighted by atomic mass is 32.2. The molecule has 1 atom stereocenters. The SMILES string of the molecule is CC[C@@H](C)n1c(SCC(=O)c2ccc(O)cc2)nc2ccccc2c1=O. The Morgan fingerprint density at radius 1 is 1.19 bits per heavy atom. The van der Waals surface area contributed by atoms with Crippen LogP contribution in [-0.2, 0) is 0 Å². The van der Waals surface area contributed by atoms with Crippen LogP contribution in [0.25, 0.3) is 10.9 Å². The van der Waals surface area contributed by atoms with Gasteiger partial charge in [0.1, 0.15) is 5.75 Å². The van der Waals surface area contributed by atoms with Crippen LogP contribution in [-0.4, -0.2) is 26.2 Å². The van der Waals surface area contributed by atoms with E-state index in [1.54, 1.807) is 22.8 Å². The zero-order valence-electron chi connectivity index (χ0n) is 14.7. The lowest BCUT2D eigenvalue weighted by molar-refractivity contribution is 0.102. The molecule has 3 rings (SSSR count). The molecule has 0 saturated carbocycles. The van der Waals surface area contributed by atoms with Crippen molar-refractivity contribution in [2.24, 2.45) is 0 Å². The van der Waals surface area contributed by atoms with E-state index < -0.39 is 0 Å². The predicted molar refractivity (Wildman–Crippen MR) is 104 cm³/mol. The van der Waals surface area contributed by atoms with Gasteiger partial charge >= 0.3 is 0 Å². The van der Waals surface area contributed by atoms with Gasteiger partial charge in [-0.2, -0.15) is 0 Å². The van der Waals surface area contributed by atoms with Gasteiger partial charge in [0.25, 0.3) is 5.56 Å². The van der Waals surface area contributed by atoms with Crippen molar-refractivity contribution in [1.82, 2.24) is 9.55 Å². The van der Waals surface area contributed by atoms with Crippen LogP contribution in [0.4, 0.5) is 0 Å². The van der Waals surface area contributed by atoms with Gasteiger partial charge in [-0.1, -0.05) is 30.8 Å². The van der Waals surface area contributed by atoms with Gasteiger partial charge in [-0.25, -0.2) is 4.98 Å². The summed E-state index contributed by atoms with van der Waals surface area (Å²) in [6, 6.07) is 13.4. The van der Waals surface area contributed by atoms with E-state index >= 15 is 0 Å². The Labute approximate surface area is 155 Å². The first kappa shape index (κ1) is 18.2. The lowest BCUT2D eigenvalue weighted by Crippen LogP contribution is -2.26. The molecule has 26 heavy (non-hydrogen) atoms. The maximum absolute atomic E-state index is 12.9. The number of fused-ring (bicyclic) bond motifs is 1. The van der Waals surface area contributed by atoms with E-state index in [2.05, 4.69) is 4.98 Å². The van der Waals surface area contributed by atoms with Crippen LogP contribution < -0.4 is 5.56 Å². The first-order valence-electron chi connectivity index (χ1n) is 8.47. The maximum atomic E-state index is 12.9. The van der Waals surface area contributed by atoms with E-state index in [0.717, 1.165) is 6.42 Å². The molecule has 0 bridgehead atoms. The average molecular weight is 368 g/mol. The lowest BCUT2D eigenvalue weighted by Gasteiger charge is -2.18. The van der Waals surface area contributed by atoms with Gasteiger partial charge in [-0.3, -0.25) is 14.2 Å². The number of hydrogen-bond donors (Lipinski definition) is 1. The zero-order valence-corrected chi connectivity index (χ0v) is 15.5. The fraction of sp³-hybridized carbons (Fsp3) is 0.250. The minimum Gasteiger partial charge on any atom is -0.508 e. The topological polar surface area (TPSA) is 72.2 Å². The molecule has 0 spiro atoms. The van der Waals surface area contributed by atoms with Crippen LogP contribution in [0.3, 0.4) is 0 Å². The molecule has 0 radical (unpaired) electrons. The number of rotatable bonds is 6. The summed E-state index contributed by atoms with van der Waals surface area (Å²) in [4.78, 5) is 29.9. The molecule has 0 aliphatic heterocycles. The van der Waals surface area contributed by atoms with Gasteiger partial charge in [0.2, 0.25) is 0 Å². The van der Waals surface area contributed by atoms with Crippen LogP contribution in [0.5, 0.6) is 5.75 Å². The molecule has 1 N–H and O–H groups in total. The quantitative estimate of drug-likeness (QED) is 0.404. The van der Waals surface area contributed by atoms with Gasteiger partial charge in [0.15, 0.2) is 10.9 Å². The van der Waals surface area contributed by atoms with E-state index in [1.807, 2.05) is 32.0 Å². The lowest BCUT2D eigenvalue weighted by atomic mass is 10.1. The fourth-order valence-electron chi connectivity index (χ4n) is 2.66. The highest BCUT2D eigenvalue weighted by Gasteiger charge is 2.17. The third-order valence-corrected chi connectivity index (χ3v) is 5.28. The molecule has 0 fully saturated rings. The standard InChI is InChI=1S/C20H20N2O3S/c1-3-13(2)22-19(25)16-6-4-5-7-17(16)21-20(22)26-12-18(24)14-8-10-15(23)11-9-14/h4-11,13,23H,3,12H2,1-2H3/t13-/m1/s1. The monoisotopic (exact) mass is 368 g/mol. The third kappa shape index (κ3) is 3.65. The van der Waals surface area contributed by atoms with Crippen molar-refractivity contribution in [3.05, 3.63) is 64.4 Å². The van der Waals surface area contributed by atoms with E-state index in [0.29, 0.717) is 21.6 Å². The number of carbonyl (C=O) groups is 1. The Balaban J connectivity index is 1.94. The summed E-state index contributed by atoms with van der Waals surface area (Å²) >= 11 is 1.27. The van der Waals surface area contributed by atoms with Gasteiger partial charge in [0, 0.05) is 11.6 Å². The second-order valence-electron chi connectivity index (χ2n) is 6.10. The maximum Gasteiger partial charge on any atom is 0.262 e. The molecule has 2 aromatic carbocycles. The number of para-hydroxylation sites is 1. The van der Waals surface area contributed by atoms with Crippen molar-refractivity contribution >= 4 is 28.4 Å². The summed E-state index contributed by atoms with van der Waals surface area (Å²) in [7, 11) is 0. The number of nitrogens with zero attached hydrogens (tertiary/aromatic N) is 2. The first-order valence-corrected chi connectivity index (χ1v) is 9.46. The number of phenols is 1. The number of Topliss-reactive ketones (excluding diaryl/α,β-unsaturated/α-hetero) is 1. The van der Waals surface area contributed by atoms with Crippen LogP contribution in [0.2, 0.25) is 0 Å². The number of carbonyl (C=O) groups excluding carboxylic acids is 1. The third-order valence-electron chi connectivity index (χ3n) is 4.33. The summed E-state index contributed by atoms with van der Waals surface area (Å²) in [6.45, 7) is 3.99. The number of benzene rings is 2. The van der Waals surface area contributed by atoms with Crippen LogP contribution in [0.15, 0.2) is 58.5 Å². The van der Waals surface area contributed by atoms with Gasteiger partial charge < -0.3 is 5.11 Å². The Kier molecular flexibility index (Phi) is 5.42. The summed E-state index contributed by atoms with van der Waals surface area (Å²) in [5.41, 5.74) is 1.08. The van der Waals surface area contributed by atoms with Crippen LogP contribution in [0.1, 0.15) is 36.7 Å². The summed E-state index contributed by atoms with van der Waals surface area (Å²) in [5.74, 6) is 0.218. The van der Waals surface area contributed by atoms with Gasteiger partial charge in [-0.15, -0.1) is 0 Å². The van der Waals surface area contributed by atoms with Crippen molar-refractivity contribution in [3.63, 3.8) is 0 Å². The number of hydrogen-bond acceptors (Lipinski definition) is 5. The van der Waals surface area contributed by atoms with Crippen molar-refractivity contribution in [2.45, 2.75) is 31.5 Å². The Bertz CT molecular complexity index is 996. The predicted octanol–water partition coefficient (Wildman–Crippen LogP) is 4.05.